The molecule has 0 aliphatic carbocycles. The Morgan fingerprint density at radius 3 is 1.59 bits per heavy atom. The number of aromatic nitrogens is 7. The summed E-state index contributed by atoms with van der Waals surface area (Å²) in [5.74, 6) is 2.43. The quantitative estimate of drug-likeness (QED) is 0.168. The van der Waals surface area contributed by atoms with Gasteiger partial charge in [0, 0.05) is 33.2 Å². The fourth-order valence-electron chi connectivity index (χ4n) is 8.65. The standard InChI is InChI=1S/C53H33N7O/c61-52-42-24-11-13-26-46(42)60-48-33-37(27-29-44(48)54-53(60)59(52)39-20-8-3-9-21-39)36-28-30-47-43(32-36)41-23-10-12-25-45(41)58(47)40-22-14-19-38(31-40)51-56-49(34-15-4-1-5-16-34)55-50(57-51)35-17-6-2-7-18-35/h1-33H. The summed E-state index contributed by atoms with van der Waals surface area (Å²) in [5.41, 5.74) is 11.3. The number of nitrogens with zero attached hydrogens (tertiary/aromatic N) is 7. The molecule has 0 amide bonds. The number of para-hydroxylation sites is 3. The van der Waals surface area contributed by atoms with Crippen molar-refractivity contribution in [2.24, 2.45) is 0 Å². The third kappa shape index (κ3) is 5.65. The third-order valence-corrected chi connectivity index (χ3v) is 11.5. The Morgan fingerprint density at radius 1 is 0.328 bits per heavy atom. The molecule has 8 aromatic carbocycles. The van der Waals surface area contributed by atoms with Gasteiger partial charge in [-0.1, -0.05) is 133 Å². The molecule has 0 N–H and O–H groups in total. The predicted octanol–water partition coefficient (Wildman–Crippen LogP) is 11.7. The summed E-state index contributed by atoms with van der Waals surface area (Å²) in [5, 5.41) is 2.92. The van der Waals surface area contributed by atoms with Crippen molar-refractivity contribution in [3.63, 3.8) is 0 Å². The highest BCUT2D eigenvalue weighted by molar-refractivity contribution is 6.10. The molecule has 12 aromatic rings. The van der Waals surface area contributed by atoms with Crippen molar-refractivity contribution >= 4 is 49.5 Å². The summed E-state index contributed by atoms with van der Waals surface area (Å²) in [6, 6.07) is 67.6. The van der Waals surface area contributed by atoms with Gasteiger partial charge in [0.2, 0.25) is 5.78 Å². The van der Waals surface area contributed by atoms with Crippen LogP contribution in [-0.4, -0.2) is 33.5 Å². The zero-order chi connectivity index (χ0) is 40.4. The van der Waals surface area contributed by atoms with Crippen molar-refractivity contribution in [1.82, 2.24) is 33.5 Å². The Kier molecular flexibility index (Phi) is 7.83. The van der Waals surface area contributed by atoms with Crippen LogP contribution >= 0.6 is 0 Å². The van der Waals surface area contributed by atoms with Crippen LogP contribution in [0.5, 0.6) is 0 Å². The number of hydrogen-bond donors (Lipinski definition) is 0. The van der Waals surface area contributed by atoms with Crippen LogP contribution in [0.25, 0.3) is 106 Å². The van der Waals surface area contributed by atoms with Crippen molar-refractivity contribution in [2.75, 3.05) is 0 Å². The Labute approximate surface area is 349 Å². The van der Waals surface area contributed by atoms with E-state index in [0.29, 0.717) is 28.6 Å². The minimum Gasteiger partial charge on any atom is -0.309 e. The van der Waals surface area contributed by atoms with Crippen molar-refractivity contribution in [2.45, 2.75) is 0 Å². The second kappa shape index (κ2) is 13.8. The van der Waals surface area contributed by atoms with E-state index in [9.17, 15) is 4.79 Å². The average Bonchev–Trinajstić information content (AvgIpc) is 3.88. The maximum Gasteiger partial charge on any atom is 0.267 e. The molecule has 0 aliphatic heterocycles. The molecule has 0 fully saturated rings. The van der Waals surface area contributed by atoms with E-state index < -0.39 is 0 Å². The number of benzene rings is 8. The average molecular weight is 784 g/mol. The Balaban J connectivity index is 1.01. The van der Waals surface area contributed by atoms with Gasteiger partial charge in [0.25, 0.3) is 5.56 Å². The van der Waals surface area contributed by atoms with Crippen molar-refractivity contribution in [3.8, 4) is 56.7 Å². The molecule has 0 atom stereocenters. The Bertz CT molecular complexity index is 3660. The fraction of sp³-hybridized carbons (Fsp3) is 0. The lowest BCUT2D eigenvalue weighted by atomic mass is 10.0. The Morgan fingerprint density at radius 2 is 0.869 bits per heavy atom. The van der Waals surface area contributed by atoms with E-state index in [-0.39, 0.29) is 5.56 Å². The zero-order valence-corrected chi connectivity index (χ0v) is 32.6. The fourth-order valence-corrected chi connectivity index (χ4v) is 8.65. The molecule has 0 unspecified atom stereocenters. The first-order valence-electron chi connectivity index (χ1n) is 20.2. The first-order chi connectivity index (χ1) is 30.2. The molecule has 8 heteroatoms. The first kappa shape index (κ1) is 34.5. The van der Waals surface area contributed by atoms with E-state index in [1.165, 1.54) is 0 Å². The molecule has 0 aliphatic rings. The minimum atomic E-state index is -0.0978. The maximum atomic E-state index is 14.0. The van der Waals surface area contributed by atoms with Gasteiger partial charge in [-0.3, -0.25) is 9.20 Å². The Hall–Kier alpha value is -8.49. The number of imidazole rings is 1. The van der Waals surface area contributed by atoms with Crippen LogP contribution in [0.2, 0.25) is 0 Å². The monoisotopic (exact) mass is 783 g/mol. The molecule has 8 nitrogen and oxygen atoms in total. The molecule has 286 valence electrons. The summed E-state index contributed by atoms with van der Waals surface area (Å²) in [7, 11) is 0. The topological polar surface area (TPSA) is 82.9 Å². The van der Waals surface area contributed by atoms with Crippen LogP contribution in [-0.2, 0) is 0 Å². The third-order valence-electron chi connectivity index (χ3n) is 11.5. The van der Waals surface area contributed by atoms with Crippen molar-refractivity contribution in [3.05, 3.63) is 211 Å². The zero-order valence-electron chi connectivity index (χ0n) is 32.6. The molecule has 4 aromatic heterocycles. The SMILES string of the molecule is O=c1c2ccccc2n2c3cc(-c4ccc5c(c4)c4ccccc4n5-c4cccc(-c5nc(-c6ccccc6)nc(-c6ccccc6)n5)c4)ccc3nc2n1-c1ccccc1. The van der Waals surface area contributed by atoms with E-state index in [4.69, 9.17) is 19.9 Å². The van der Waals surface area contributed by atoms with Crippen LogP contribution in [0.3, 0.4) is 0 Å². The van der Waals surface area contributed by atoms with Gasteiger partial charge in [0.1, 0.15) is 0 Å². The largest absolute Gasteiger partial charge is 0.309 e. The summed E-state index contributed by atoms with van der Waals surface area (Å²) < 4.78 is 6.14. The van der Waals surface area contributed by atoms with Crippen LogP contribution < -0.4 is 5.56 Å². The predicted molar refractivity (Wildman–Crippen MR) is 245 cm³/mol. The summed E-state index contributed by atoms with van der Waals surface area (Å²) in [6.45, 7) is 0. The normalized spacial score (nSPS) is 11.7. The number of fused-ring (bicyclic) bond motifs is 8. The van der Waals surface area contributed by atoms with Crippen LogP contribution in [0.4, 0.5) is 0 Å². The van der Waals surface area contributed by atoms with E-state index in [1.807, 2.05) is 115 Å². The highest BCUT2D eigenvalue weighted by Gasteiger charge is 2.19. The molecule has 61 heavy (non-hydrogen) atoms. The minimum absolute atomic E-state index is 0.0978. The summed E-state index contributed by atoms with van der Waals surface area (Å²) in [6.07, 6.45) is 0. The van der Waals surface area contributed by atoms with E-state index in [0.717, 1.165) is 77.5 Å². The summed E-state index contributed by atoms with van der Waals surface area (Å²) >= 11 is 0. The van der Waals surface area contributed by atoms with Gasteiger partial charge < -0.3 is 4.57 Å². The molecule has 4 heterocycles. The lowest BCUT2D eigenvalue weighted by Crippen LogP contribution is -2.21. The molecule has 0 spiro atoms. The lowest BCUT2D eigenvalue weighted by Gasteiger charge is -2.12. The van der Waals surface area contributed by atoms with Crippen LogP contribution in [0, 0.1) is 0 Å². The van der Waals surface area contributed by atoms with Gasteiger partial charge in [-0.2, -0.15) is 0 Å². The highest BCUT2D eigenvalue weighted by Crippen LogP contribution is 2.37. The molecule has 0 radical (unpaired) electrons. The number of hydrogen-bond acceptors (Lipinski definition) is 5. The molecular formula is C53H33N7O. The van der Waals surface area contributed by atoms with E-state index in [2.05, 4.69) is 93.9 Å². The second-order valence-corrected chi connectivity index (χ2v) is 15.1. The van der Waals surface area contributed by atoms with Crippen molar-refractivity contribution in [1.29, 1.82) is 0 Å². The van der Waals surface area contributed by atoms with Gasteiger partial charge in [0.05, 0.1) is 38.7 Å². The van der Waals surface area contributed by atoms with Gasteiger partial charge in [-0.25, -0.2) is 24.5 Å². The van der Waals surface area contributed by atoms with Gasteiger partial charge in [-0.05, 0) is 77.9 Å². The highest BCUT2D eigenvalue weighted by atomic mass is 16.1. The van der Waals surface area contributed by atoms with Gasteiger partial charge in [-0.15, -0.1) is 0 Å². The van der Waals surface area contributed by atoms with Crippen LogP contribution in [0.15, 0.2) is 205 Å². The van der Waals surface area contributed by atoms with Crippen LogP contribution in [0.1, 0.15) is 0 Å². The second-order valence-electron chi connectivity index (χ2n) is 15.1. The van der Waals surface area contributed by atoms with Gasteiger partial charge in [0.15, 0.2) is 17.5 Å². The number of rotatable bonds is 6. The summed E-state index contributed by atoms with van der Waals surface area (Å²) in [4.78, 5) is 33.9. The molecule has 0 bridgehead atoms. The van der Waals surface area contributed by atoms with Crippen molar-refractivity contribution < 1.29 is 0 Å². The first-order valence-corrected chi connectivity index (χ1v) is 20.2. The van der Waals surface area contributed by atoms with E-state index in [1.54, 1.807) is 4.57 Å². The molecule has 0 saturated heterocycles. The maximum absolute atomic E-state index is 14.0. The van der Waals surface area contributed by atoms with E-state index >= 15 is 0 Å². The molecule has 0 saturated carbocycles. The smallest absolute Gasteiger partial charge is 0.267 e. The molecule has 12 rings (SSSR count). The lowest BCUT2D eigenvalue weighted by molar-refractivity contribution is 0.983. The van der Waals surface area contributed by atoms with Gasteiger partial charge >= 0.3 is 0 Å². The molecular weight excluding hydrogens is 751 g/mol.